The van der Waals surface area contributed by atoms with Gasteiger partial charge in [0.05, 0.1) is 30.8 Å². The van der Waals surface area contributed by atoms with Crippen LogP contribution in [-0.2, 0) is 26.4 Å². The van der Waals surface area contributed by atoms with E-state index in [1.807, 2.05) is 0 Å². The number of aliphatic hydroxyl groups is 1. The third kappa shape index (κ3) is 4.74. The van der Waals surface area contributed by atoms with Gasteiger partial charge in [-0.1, -0.05) is 0 Å². The molecule has 10 heteroatoms. The molecule has 1 fully saturated rings. The number of sulfone groups is 1. The van der Waals surface area contributed by atoms with E-state index in [9.17, 15) is 21.6 Å². The summed E-state index contributed by atoms with van der Waals surface area (Å²) in [5.41, 5.74) is -0.874. The molecule has 0 saturated carbocycles. The largest absolute Gasteiger partial charge is 0.490 e. The molecule has 0 aliphatic carbocycles. The van der Waals surface area contributed by atoms with E-state index in [-0.39, 0.29) is 55.1 Å². The Bertz CT molecular complexity index is 1120. The normalized spacial score (nSPS) is 24.6. The molecular formula is C23H24F4O5S. The molecule has 180 valence electrons. The van der Waals surface area contributed by atoms with Crippen LogP contribution >= 0.6 is 0 Å². The molecule has 0 unspecified atom stereocenters. The van der Waals surface area contributed by atoms with Gasteiger partial charge in [0.15, 0.2) is 21.4 Å². The minimum Gasteiger partial charge on any atom is -0.490 e. The number of halogens is 4. The third-order valence-electron chi connectivity index (χ3n) is 6.56. The topological polar surface area (TPSA) is 72.8 Å². The Morgan fingerprint density at radius 2 is 1.73 bits per heavy atom. The lowest BCUT2D eigenvalue weighted by atomic mass is 9.60. The number of fused-ring (bicyclic) bond motifs is 3. The van der Waals surface area contributed by atoms with Crippen LogP contribution in [0.5, 0.6) is 5.75 Å². The molecule has 0 spiro atoms. The van der Waals surface area contributed by atoms with Crippen LogP contribution in [0.25, 0.3) is 0 Å². The zero-order chi connectivity index (χ0) is 23.8. The van der Waals surface area contributed by atoms with Gasteiger partial charge in [-0.3, -0.25) is 0 Å². The Hall–Kier alpha value is -2.17. The number of hydrogen-bond donors (Lipinski definition) is 1. The van der Waals surface area contributed by atoms with Crippen LogP contribution < -0.4 is 4.74 Å². The molecule has 2 aliphatic rings. The Balaban J connectivity index is 1.78. The van der Waals surface area contributed by atoms with Crippen molar-refractivity contribution < 1.29 is 40.6 Å². The van der Waals surface area contributed by atoms with Crippen molar-refractivity contribution in [1.82, 2.24) is 0 Å². The first-order chi connectivity index (χ1) is 15.6. The molecule has 2 aromatic rings. The lowest BCUT2D eigenvalue weighted by Crippen LogP contribution is -2.55. The number of rotatable bonds is 7. The highest BCUT2D eigenvalue weighted by Crippen LogP contribution is 2.52. The second-order valence-corrected chi connectivity index (χ2v) is 10.9. The molecule has 1 N–H and O–H groups in total. The maximum absolute atomic E-state index is 15.2. The smallest absolute Gasteiger partial charge is 0.165 e. The summed E-state index contributed by atoms with van der Waals surface area (Å²) >= 11 is 0. The Labute approximate surface area is 189 Å². The monoisotopic (exact) mass is 488 g/mol. The van der Waals surface area contributed by atoms with E-state index < -0.39 is 62.9 Å². The predicted molar refractivity (Wildman–Crippen MR) is 112 cm³/mol. The maximum atomic E-state index is 15.2. The number of aliphatic hydroxyl groups excluding tert-OH is 1. The Morgan fingerprint density at radius 1 is 1.03 bits per heavy atom. The zero-order valence-electron chi connectivity index (χ0n) is 17.7. The van der Waals surface area contributed by atoms with E-state index in [4.69, 9.17) is 14.6 Å². The molecule has 2 aromatic carbocycles. The average Bonchev–Trinajstić information content (AvgIpc) is 2.73. The Morgan fingerprint density at radius 3 is 2.42 bits per heavy atom. The number of hydrogen-bond acceptors (Lipinski definition) is 5. The predicted octanol–water partition coefficient (Wildman–Crippen LogP) is 3.32. The number of ether oxygens (including phenoxy) is 2. The molecule has 0 bridgehead atoms. The summed E-state index contributed by atoms with van der Waals surface area (Å²) in [7, 11) is -3.54. The molecule has 0 amide bonds. The first kappa shape index (κ1) is 24.0. The van der Waals surface area contributed by atoms with Crippen molar-refractivity contribution in [3.8, 4) is 5.75 Å². The van der Waals surface area contributed by atoms with E-state index in [1.54, 1.807) is 0 Å². The lowest BCUT2D eigenvalue weighted by molar-refractivity contribution is -0.0963. The first-order valence-corrected chi connectivity index (χ1v) is 12.5. The molecule has 5 nitrogen and oxygen atoms in total. The Kier molecular flexibility index (Phi) is 6.70. The summed E-state index contributed by atoms with van der Waals surface area (Å²) in [4.78, 5) is 0. The van der Waals surface area contributed by atoms with Crippen LogP contribution in [0.15, 0.2) is 30.3 Å². The fraction of sp³-hybridized carbons (Fsp3) is 0.478. The van der Waals surface area contributed by atoms with Crippen LogP contribution in [0.2, 0.25) is 0 Å². The van der Waals surface area contributed by atoms with Crippen molar-refractivity contribution >= 4 is 9.84 Å². The van der Waals surface area contributed by atoms with Crippen molar-refractivity contribution in [2.45, 2.75) is 30.8 Å². The lowest BCUT2D eigenvalue weighted by Gasteiger charge is -2.51. The number of benzene rings is 2. The van der Waals surface area contributed by atoms with E-state index in [0.29, 0.717) is 0 Å². The quantitative estimate of drug-likeness (QED) is 0.606. The van der Waals surface area contributed by atoms with Crippen molar-refractivity contribution in [3.05, 3.63) is 64.7 Å². The van der Waals surface area contributed by atoms with Gasteiger partial charge in [0.2, 0.25) is 0 Å². The van der Waals surface area contributed by atoms with Gasteiger partial charge in [-0.25, -0.2) is 26.0 Å². The molecule has 4 rings (SSSR count). The highest BCUT2D eigenvalue weighted by Gasteiger charge is 2.53. The standard InChI is InChI=1S/C23H24F4O5S/c24-15-9-14(10-16(25)11-15)12-23-4-6-31-20(3-7-33(29,30)8-5-28)17(23)13-32-22-19(27)2-1-18(26)21(22)23/h1-2,9-11,17,20,28H,3-8,12-13H2/t17-,20-,23-/m0/s1. The van der Waals surface area contributed by atoms with Gasteiger partial charge < -0.3 is 14.6 Å². The summed E-state index contributed by atoms with van der Waals surface area (Å²) in [5, 5.41) is 8.97. The molecular weight excluding hydrogens is 464 g/mol. The molecule has 2 aliphatic heterocycles. The van der Waals surface area contributed by atoms with Crippen LogP contribution in [0.4, 0.5) is 17.6 Å². The third-order valence-corrected chi connectivity index (χ3v) is 8.22. The second kappa shape index (κ2) is 9.23. The molecule has 1 saturated heterocycles. The van der Waals surface area contributed by atoms with E-state index in [1.165, 1.54) is 0 Å². The fourth-order valence-corrected chi connectivity index (χ4v) is 6.22. The minimum atomic E-state index is -3.54. The van der Waals surface area contributed by atoms with Gasteiger partial charge in [-0.05, 0) is 49.1 Å². The van der Waals surface area contributed by atoms with Gasteiger partial charge in [0.1, 0.15) is 17.5 Å². The molecule has 0 radical (unpaired) electrons. The van der Waals surface area contributed by atoms with Crippen LogP contribution in [-0.4, -0.2) is 51.0 Å². The van der Waals surface area contributed by atoms with Gasteiger partial charge in [-0.2, -0.15) is 0 Å². The fourth-order valence-electron chi connectivity index (χ4n) is 5.14. The second-order valence-electron chi connectivity index (χ2n) is 8.58. The molecule has 0 aromatic heterocycles. The van der Waals surface area contributed by atoms with Gasteiger partial charge in [0, 0.05) is 29.6 Å². The van der Waals surface area contributed by atoms with Crippen molar-refractivity contribution in [3.63, 3.8) is 0 Å². The average molecular weight is 488 g/mol. The highest BCUT2D eigenvalue weighted by atomic mass is 32.2. The molecule has 2 heterocycles. The van der Waals surface area contributed by atoms with E-state index >= 15 is 4.39 Å². The van der Waals surface area contributed by atoms with E-state index in [0.717, 1.165) is 30.3 Å². The van der Waals surface area contributed by atoms with Crippen LogP contribution in [0.3, 0.4) is 0 Å². The van der Waals surface area contributed by atoms with Crippen LogP contribution in [0.1, 0.15) is 24.0 Å². The van der Waals surface area contributed by atoms with Crippen molar-refractivity contribution in [1.29, 1.82) is 0 Å². The molecule has 3 atom stereocenters. The maximum Gasteiger partial charge on any atom is 0.165 e. The van der Waals surface area contributed by atoms with Crippen LogP contribution in [0, 0.1) is 29.2 Å². The van der Waals surface area contributed by atoms with Gasteiger partial charge in [-0.15, -0.1) is 0 Å². The molecule has 33 heavy (non-hydrogen) atoms. The summed E-state index contributed by atoms with van der Waals surface area (Å²) in [6.45, 7) is -0.461. The zero-order valence-corrected chi connectivity index (χ0v) is 18.5. The van der Waals surface area contributed by atoms with Crippen molar-refractivity contribution in [2.75, 3.05) is 31.3 Å². The van der Waals surface area contributed by atoms with Gasteiger partial charge >= 0.3 is 0 Å². The van der Waals surface area contributed by atoms with Crippen molar-refractivity contribution in [2.24, 2.45) is 5.92 Å². The highest BCUT2D eigenvalue weighted by molar-refractivity contribution is 7.91. The van der Waals surface area contributed by atoms with E-state index in [2.05, 4.69) is 0 Å². The summed E-state index contributed by atoms with van der Waals surface area (Å²) < 4.78 is 93.3. The summed E-state index contributed by atoms with van der Waals surface area (Å²) in [6, 6.07) is 4.98. The van der Waals surface area contributed by atoms with Gasteiger partial charge in [0.25, 0.3) is 0 Å². The minimum absolute atomic E-state index is 0.00761. The summed E-state index contributed by atoms with van der Waals surface area (Å²) in [5.74, 6) is -4.52. The SMILES string of the molecule is O=S(=O)(CCO)CC[C@@H]1OCC[C@@]2(Cc3cc(F)cc(F)c3)c3c(F)ccc(F)c3OC[C@@H]12. The summed E-state index contributed by atoms with van der Waals surface area (Å²) in [6.07, 6.45) is -0.401. The first-order valence-electron chi connectivity index (χ1n) is 10.6.